The molecule has 1 unspecified atom stereocenters. The molecular weight excluding hydrogens is 236 g/mol. The monoisotopic (exact) mass is 252 g/mol. The molecule has 1 fully saturated rings. The topological polar surface area (TPSA) is 107 Å². The number of aromatic amines is 1. The van der Waals surface area contributed by atoms with Crippen LogP contribution in [0.4, 0.5) is 4.79 Å². The first-order valence-corrected chi connectivity index (χ1v) is 5.79. The van der Waals surface area contributed by atoms with Crippen LogP contribution in [0.5, 0.6) is 0 Å². The van der Waals surface area contributed by atoms with Gasteiger partial charge in [-0.15, -0.1) is 0 Å². The summed E-state index contributed by atoms with van der Waals surface area (Å²) in [6, 6.07) is -0.485. The van der Waals surface area contributed by atoms with Crippen LogP contribution >= 0.6 is 0 Å². The first-order valence-electron chi connectivity index (χ1n) is 5.79. The fourth-order valence-electron chi connectivity index (χ4n) is 1.83. The van der Waals surface area contributed by atoms with E-state index < -0.39 is 17.5 Å². The highest BCUT2D eigenvalue weighted by Gasteiger charge is 2.48. The van der Waals surface area contributed by atoms with E-state index in [-0.39, 0.29) is 12.5 Å². The second kappa shape index (κ2) is 4.67. The molecule has 2 rings (SSSR count). The minimum Gasteiger partial charge on any atom is -0.480 e. The smallest absolute Gasteiger partial charge is 0.329 e. The molecule has 1 aliphatic rings. The maximum Gasteiger partial charge on any atom is 0.329 e. The molecule has 7 nitrogen and oxygen atoms in total. The van der Waals surface area contributed by atoms with Crippen molar-refractivity contribution in [2.24, 2.45) is 5.92 Å². The molecule has 0 radical (unpaired) electrons. The van der Waals surface area contributed by atoms with Gasteiger partial charge in [0.05, 0.1) is 18.6 Å². The molecular formula is C11H16N4O3. The van der Waals surface area contributed by atoms with Crippen LogP contribution in [0.25, 0.3) is 0 Å². The molecule has 1 aromatic heterocycles. The number of carboxylic acid groups (broad SMARTS) is 1. The van der Waals surface area contributed by atoms with Gasteiger partial charge in [0.15, 0.2) is 0 Å². The average molecular weight is 252 g/mol. The predicted molar refractivity (Wildman–Crippen MR) is 62.7 cm³/mol. The minimum absolute atomic E-state index is 0.0212. The lowest BCUT2D eigenvalue weighted by molar-refractivity contribution is -0.144. The number of amides is 2. The van der Waals surface area contributed by atoms with Crippen molar-refractivity contribution in [2.45, 2.75) is 31.8 Å². The van der Waals surface area contributed by atoms with Crippen LogP contribution < -0.4 is 10.6 Å². The van der Waals surface area contributed by atoms with E-state index in [1.165, 1.54) is 6.33 Å². The lowest BCUT2D eigenvalue weighted by Crippen LogP contribution is -2.56. The van der Waals surface area contributed by atoms with E-state index in [9.17, 15) is 14.7 Å². The second-order valence-electron chi connectivity index (χ2n) is 4.67. The number of H-pyrrole nitrogens is 1. The summed E-state index contributed by atoms with van der Waals surface area (Å²) in [5, 5.41) is 14.3. The highest BCUT2D eigenvalue weighted by Crippen LogP contribution is 2.39. The molecule has 1 atom stereocenters. The molecule has 0 spiro atoms. The maximum atomic E-state index is 11.7. The minimum atomic E-state index is -1.18. The summed E-state index contributed by atoms with van der Waals surface area (Å²) in [6.07, 6.45) is 4.78. The molecule has 0 bridgehead atoms. The fourth-order valence-corrected chi connectivity index (χ4v) is 1.83. The number of hydrogen-bond donors (Lipinski definition) is 4. The summed E-state index contributed by atoms with van der Waals surface area (Å²) in [5.74, 6) is -0.977. The van der Waals surface area contributed by atoms with Gasteiger partial charge in [0.2, 0.25) is 0 Å². The van der Waals surface area contributed by atoms with Crippen molar-refractivity contribution in [3.8, 4) is 0 Å². The predicted octanol–water partition coefficient (Wildman–Crippen LogP) is 0.462. The van der Waals surface area contributed by atoms with Crippen LogP contribution in [-0.4, -0.2) is 32.6 Å². The summed E-state index contributed by atoms with van der Waals surface area (Å²) in [7, 11) is 0. The molecule has 7 heteroatoms. The van der Waals surface area contributed by atoms with Crippen molar-refractivity contribution in [3.63, 3.8) is 0 Å². The lowest BCUT2D eigenvalue weighted by Gasteiger charge is -2.26. The van der Waals surface area contributed by atoms with Gasteiger partial charge in [-0.2, -0.15) is 0 Å². The Morgan fingerprint density at radius 2 is 2.33 bits per heavy atom. The Bertz CT molecular complexity index is 441. The molecule has 1 aliphatic carbocycles. The quantitative estimate of drug-likeness (QED) is 0.610. The van der Waals surface area contributed by atoms with E-state index in [0.717, 1.165) is 18.5 Å². The van der Waals surface area contributed by atoms with Crippen LogP contribution in [0.15, 0.2) is 12.5 Å². The van der Waals surface area contributed by atoms with Gasteiger partial charge in [-0.25, -0.2) is 14.6 Å². The third-order valence-electron chi connectivity index (χ3n) is 3.21. The average Bonchev–Trinajstić information content (AvgIpc) is 3.04. The molecule has 98 valence electrons. The molecule has 2 amide bonds. The Hall–Kier alpha value is -2.05. The normalized spacial score (nSPS) is 17.8. The third-order valence-corrected chi connectivity index (χ3v) is 3.21. The number of urea groups is 1. The van der Waals surface area contributed by atoms with Crippen LogP contribution in [0, 0.1) is 5.92 Å². The Balaban J connectivity index is 1.87. The highest BCUT2D eigenvalue weighted by molar-refractivity contribution is 5.86. The molecule has 1 heterocycles. The first kappa shape index (κ1) is 12.4. The van der Waals surface area contributed by atoms with E-state index in [0.29, 0.717) is 0 Å². The molecule has 0 aromatic carbocycles. The second-order valence-corrected chi connectivity index (χ2v) is 4.67. The van der Waals surface area contributed by atoms with Gasteiger partial charge in [0.25, 0.3) is 0 Å². The zero-order chi connectivity index (χ0) is 13.2. The van der Waals surface area contributed by atoms with Crippen LogP contribution in [0.2, 0.25) is 0 Å². The molecule has 1 aromatic rings. The summed E-state index contributed by atoms with van der Waals surface area (Å²) >= 11 is 0. The number of imidazole rings is 1. The SMILES string of the molecule is CC(NC(=O)NCc1cnc[nH]1)(C(=O)O)C1CC1. The Labute approximate surface area is 104 Å². The summed E-state index contributed by atoms with van der Waals surface area (Å²) in [6.45, 7) is 1.83. The number of nitrogens with one attached hydrogen (secondary N) is 3. The zero-order valence-corrected chi connectivity index (χ0v) is 10.1. The van der Waals surface area contributed by atoms with E-state index in [1.807, 2.05) is 0 Å². The lowest BCUT2D eigenvalue weighted by atomic mass is 9.96. The van der Waals surface area contributed by atoms with Crippen molar-refractivity contribution in [2.75, 3.05) is 0 Å². The highest BCUT2D eigenvalue weighted by atomic mass is 16.4. The van der Waals surface area contributed by atoms with Crippen molar-refractivity contribution >= 4 is 12.0 Å². The Kier molecular flexibility index (Phi) is 3.22. The Morgan fingerprint density at radius 1 is 1.61 bits per heavy atom. The number of aliphatic carboxylic acids is 1. The number of nitrogens with zero attached hydrogens (tertiary/aromatic N) is 1. The fraction of sp³-hybridized carbons (Fsp3) is 0.545. The van der Waals surface area contributed by atoms with Gasteiger partial charge < -0.3 is 20.7 Å². The van der Waals surface area contributed by atoms with Crippen LogP contribution in [0.1, 0.15) is 25.5 Å². The van der Waals surface area contributed by atoms with Gasteiger partial charge in [0.1, 0.15) is 5.54 Å². The van der Waals surface area contributed by atoms with Crippen LogP contribution in [-0.2, 0) is 11.3 Å². The summed E-state index contributed by atoms with van der Waals surface area (Å²) in [4.78, 5) is 29.5. The van der Waals surface area contributed by atoms with Crippen molar-refractivity contribution < 1.29 is 14.7 Å². The number of rotatable bonds is 5. The number of aromatic nitrogens is 2. The molecule has 0 saturated heterocycles. The first-order chi connectivity index (χ1) is 8.52. The standard InChI is InChI=1S/C11H16N4O3/c1-11(9(16)17,7-2-3-7)15-10(18)13-5-8-4-12-6-14-8/h4,6-7H,2-3,5H2,1H3,(H,12,14)(H,16,17)(H2,13,15,18). The third kappa shape index (κ3) is 2.61. The zero-order valence-electron chi connectivity index (χ0n) is 10.1. The van der Waals surface area contributed by atoms with Gasteiger partial charge >= 0.3 is 12.0 Å². The van der Waals surface area contributed by atoms with Gasteiger partial charge in [-0.3, -0.25) is 0 Å². The van der Waals surface area contributed by atoms with E-state index in [4.69, 9.17) is 0 Å². The molecule has 4 N–H and O–H groups in total. The largest absolute Gasteiger partial charge is 0.480 e. The summed E-state index contributed by atoms with van der Waals surface area (Å²) in [5.41, 5.74) is -0.425. The van der Waals surface area contributed by atoms with Crippen molar-refractivity contribution in [3.05, 3.63) is 18.2 Å². The van der Waals surface area contributed by atoms with E-state index in [1.54, 1.807) is 13.1 Å². The van der Waals surface area contributed by atoms with E-state index >= 15 is 0 Å². The number of hydrogen-bond acceptors (Lipinski definition) is 3. The molecule has 18 heavy (non-hydrogen) atoms. The van der Waals surface area contributed by atoms with E-state index in [2.05, 4.69) is 20.6 Å². The molecule has 0 aliphatic heterocycles. The number of carbonyl (C=O) groups is 2. The van der Waals surface area contributed by atoms with Crippen LogP contribution in [0.3, 0.4) is 0 Å². The Morgan fingerprint density at radius 3 is 2.83 bits per heavy atom. The number of carboxylic acids is 1. The van der Waals surface area contributed by atoms with Gasteiger partial charge in [0, 0.05) is 6.20 Å². The number of carbonyl (C=O) groups excluding carboxylic acids is 1. The maximum absolute atomic E-state index is 11.7. The van der Waals surface area contributed by atoms with Gasteiger partial charge in [-0.05, 0) is 25.7 Å². The summed E-state index contributed by atoms with van der Waals surface area (Å²) < 4.78 is 0. The van der Waals surface area contributed by atoms with Crippen molar-refractivity contribution in [1.82, 2.24) is 20.6 Å². The molecule has 1 saturated carbocycles. The van der Waals surface area contributed by atoms with Gasteiger partial charge in [-0.1, -0.05) is 0 Å². The van der Waals surface area contributed by atoms with Crippen molar-refractivity contribution in [1.29, 1.82) is 0 Å².